The first kappa shape index (κ1) is 21.2. The summed E-state index contributed by atoms with van der Waals surface area (Å²) in [4.78, 5) is 20.7. The van der Waals surface area contributed by atoms with Gasteiger partial charge in [0, 0.05) is 48.4 Å². The third-order valence-corrected chi connectivity index (χ3v) is 7.56. The lowest BCUT2D eigenvalue weighted by atomic mass is 9.75. The first-order valence-electron chi connectivity index (χ1n) is 11.2. The summed E-state index contributed by atoms with van der Waals surface area (Å²) in [5, 5.41) is 11.8. The molecule has 3 aliphatic rings. The van der Waals surface area contributed by atoms with Gasteiger partial charge < -0.3 is 5.32 Å². The van der Waals surface area contributed by atoms with Crippen molar-refractivity contribution in [3.63, 3.8) is 0 Å². The van der Waals surface area contributed by atoms with E-state index in [-0.39, 0.29) is 11.8 Å². The van der Waals surface area contributed by atoms with Crippen LogP contribution in [0, 0.1) is 11.8 Å². The van der Waals surface area contributed by atoms with E-state index in [0.717, 1.165) is 49.5 Å². The molecule has 0 aliphatic carbocycles. The van der Waals surface area contributed by atoms with Crippen LogP contribution in [0.5, 0.6) is 0 Å². The summed E-state index contributed by atoms with van der Waals surface area (Å²) in [7, 11) is 0. The summed E-state index contributed by atoms with van der Waals surface area (Å²) in [6.07, 6.45) is 7.75. The molecule has 166 valence electrons. The van der Waals surface area contributed by atoms with Gasteiger partial charge in [-0.15, -0.1) is 16.9 Å². The molecule has 1 N–H and O–H groups in total. The molecule has 1 unspecified atom stereocenters. The number of nitrogens with zero attached hydrogens (tertiary/aromatic N) is 5. The van der Waals surface area contributed by atoms with Gasteiger partial charge in [-0.05, 0) is 49.1 Å². The molecule has 2 aromatic heterocycles. The highest BCUT2D eigenvalue weighted by Gasteiger charge is 2.43. The third kappa shape index (κ3) is 5.02. The lowest BCUT2D eigenvalue weighted by Crippen LogP contribution is -2.58. The van der Waals surface area contributed by atoms with Crippen molar-refractivity contribution < 1.29 is 4.79 Å². The van der Waals surface area contributed by atoms with Gasteiger partial charge in [0.25, 0.3) is 0 Å². The van der Waals surface area contributed by atoms with Crippen molar-refractivity contribution in [2.45, 2.75) is 42.6 Å². The number of fused-ring (bicyclic) bond motifs is 3. The topological polar surface area (TPSA) is 75.9 Å². The predicted octanol–water partition coefficient (Wildman–Crippen LogP) is 2.99. The number of carbonyl (C=O) groups is 1. The molecule has 3 aliphatic heterocycles. The molecular formula is C24H28N6OS. The molecule has 0 saturated carbocycles. The van der Waals surface area contributed by atoms with Gasteiger partial charge in [0.15, 0.2) is 0 Å². The van der Waals surface area contributed by atoms with E-state index in [1.165, 1.54) is 4.90 Å². The third-order valence-electron chi connectivity index (χ3n) is 6.52. The van der Waals surface area contributed by atoms with Crippen molar-refractivity contribution >= 4 is 17.7 Å². The van der Waals surface area contributed by atoms with Gasteiger partial charge in [0.05, 0.1) is 18.2 Å². The van der Waals surface area contributed by atoms with Gasteiger partial charge in [-0.1, -0.05) is 29.5 Å². The number of carbonyl (C=O) groups excluding carboxylic acids is 1. The SMILES string of the molecule is O=C(NCc1cccnc1)[C@H]1CN2CC[C@@H]1C[C@@H]2Cn1cc(CSc2ccccc2)nn1. The molecule has 0 radical (unpaired) electrons. The van der Waals surface area contributed by atoms with Crippen LogP contribution in [0.1, 0.15) is 24.1 Å². The Hall–Kier alpha value is -2.71. The number of nitrogens with one attached hydrogen (secondary N) is 1. The highest BCUT2D eigenvalue weighted by molar-refractivity contribution is 7.98. The Morgan fingerprint density at radius 2 is 2.09 bits per heavy atom. The van der Waals surface area contributed by atoms with Crippen LogP contribution in [0.4, 0.5) is 0 Å². The molecule has 4 atom stereocenters. The second-order valence-corrected chi connectivity index (χ2v) is 9.70. The number of pyridine rings is 1. The van der Waals surface area contributed by atoms with Gasteiger partial charge in [-0.2, -0.15) is 0 Å². The molecule has 2 bridgehead atoms. The molecule has 7 nitrogen and oxygen atoms in total. The van der Waals surface area contributed by atoms with Crippen LogP contribution in [-0.4, -0.2) is 49.9 Å². The molecule has 32 heavy (non-hydrogen) atoms. The van der Waals surface area contributed by atoms with Crippen LogP contribution in [0.25, 0.3) is 0 Å². The second kappa shape index (κ2) is 9.83. The monoisotopic (exact) mass is 448 g/mol. The van der Waals surface area contributed by atoms with Gasteiger partial charge in [-0.3, -0.25) is 19.4 Å². The van der Waals surface area contributed by atoms with Crippen LogP contribution in [-0.2, 0) is 23.6 Å². The van der Waals surface area contributed by atoms with Crippen molar-refractivity contribution in [3.05, 3.63) is 72.3 Å². The number of piperidine rings is 3. The molecule has 1 amide bonds. The lowest BCUT2D eigenvalue weighted by Gasteiger charge is -2.49. The Kier molecular flexibility index (Phi) is 6.50. The highest BCUT2D eigenvalue weighted by Crippen LogP contribution is 2.37. The zero-order chi connectivity index (χ0) is 21.8. The fraction of sp³-hybridized carbons (Fsp3) is 0.417. The number of thioether (sulfide) groups is 1. The minimum Gasteiger partial charge on any atom is -0.352 e. The molecule has 8 heteroatoms. The summed E-state index contributed by atoms with van der Waals surface area (Å²) in [6.45, 7) is 3.28. The van der Waals surface area contributed by atoms with Crippen LogP contribution in [0.2, 0.25) is 0 Å². The molecule has 6 rings (SSSR count). The van der Waals surface area contributed by atoms with Gasteiger partial charge in [0.1, 0.15) is 0 Å². The molecule has 3 aromatic rings. The standard InChI is InChI=1S/C24H28N6OS/c31-24(26-13-18-5-4-9-25-12-18)23-16-29-10-8-19(23)11-21(29)15-30-14-20(27-28-30)17-32-22-6-2-1-3-7-22/h1-7,9,12,14,19,21,23H,8,10-11,13,15-17H2,(H,26,31)/t19-,21-,23+/m1/s1. The van der Waals surface area contributed by atoms with Crippen LogP contribution < -0.4 is 5.32 Å². The number of amides is 1. The molecule has 3 fully saturated rings. The second-order valence-electron chi connectivity index (χ2n) is 8.65. The molecule has 3 saturated heterocycles. The van der Waals surface area contributed by atoms with Crippen LogP contribution >= 0.6 is 11.8 Å². The normalized spacial score (nSPS) is 24.4. The minimum absolute atomic E-state index is 0.0743. The predicted molar refractivity (Wildman–Crippen MR) is 124 cm³/mol. The first-order chi connectivity index (χ1) is 15.7. The van der Waals surface area contributed by atoms with E-state index in [2.05, 4.69) is 56.0 Å². The Morgan fingerprint density at radius 3 is 2.88 bits per heavy atom. The van der Waals surface area contributed by atoms with Gasteiger partial charge in [0.2, 0.25) is 5.91 Å². The average molecular weight is 449 g/mol. The molecule has 1 aromatic carbocycles. The first-order valence-corrected chi connectivity index (χ1v) is 12.2. The summed E-state index contributed by atoms with van der Waals surface area (Å²) in [5.74, 6) is 1.50. The Morgan fingerprint density at radius 1 is 1.19 bits per heavy atom. The van der Waals surface area contributed by atoms with Crippen LogP contribution in [0.3, 0.4) is 0 Å². The van der Waals surface area contributed by atoms with E-state index >= 15 is 0 Å². The van der Waals surface area contributed by atoms with Crippen molar-refractivity contribution in [3.8, 4) is 0 Å². The summed E-state index contributed by atoms with van der Waals surface area (Å²) in [5.41, 5.74) is 2.04. The maximum atomic E-state index is 12.8. The molecular weight excluding hydrogens is 420 g/mol. The Bertz CT molecular complexity index is 1030. The number of benzene rings is 1. The van der Waals surface area contributed by atoms with E-state index in [9.17, 15) is 4.79 Å². The van der Waals surface area contributed by atoms with Gasteiger partial charge in [-0.25, -0.2) is 0 Å². The largest absolute Gasteiger partial charge is 0.352 e. The Balaban J connectivity index is 1.12. The van der Waals surface area contributed by atoms with E-state index < -0.39 is 0 Å². The quantitative estimate of drug-likeness (QED) is 0.534. The number of hydrogen-bond donors (Lipinski definition) is 1. The summed E-state index contributed by atoms with van der Waals surface area (Å²) < 4.78 is 1.98. The fourth-order valence-electron chi connectivity index (χ4n) is 4.83. The fourth-order valence-corrected chi connectivity index (χ4v) is 5.63. The van der Waals surface area contributed by atoms with Crippen molar-refractivity contribution in [2.24, 2.45) is 11.8 Å². The van der Waals surface area contributed by atoms with E-state index in [4.69, 9.17) is 0 Å². The number of hydrogen-bond acceptors (Lipinski definition) is 6. The maximum Gasteiger partial charge on any atom is 0.224 e. The van der Waals surface area contributed by atoms with Crippen molar-refractivity contribution in [1.29, 1.82) is 0 Å². The molecule has 5 heterocycles. The zero-order valence-electron chi connectivity index (χ0n) is 18.0. The van der Waals surface area contributed by atoms with Crippen molar-refractivity contribution in [2.75, 3.05) is 13.1 Å². The maximum absolute atomic E-state index is 12.8. The van der Waals surface area contributed by atoms with Gasteiger partial charge >= 0.3 is 0 Å². The van der Waals surface area contributed by atoms with E-state index in [0.29, 0.717) is 18.5 Å². The highest BCUT2D eigenvalue weighted by atomic mass is 32.2. The average Bonchev–Trinajstić information content (AvgIpc) is 3.30. The molecule has 0 spiro atoms. The van der Waals surface area contributed by atoms with E-state index in [1.54, 1.807) is 24.2 Å². The number of aromatic nitrogens is 4. The van der Waals surface area contributed by atoms with E-state index in [1.807, 2.05) is 22.9 Å². The van der Waals surface area contributed by atoms with Crippen LogP contribution in [0.15, 0.2) is 66.0 Å². The summed E-state index contributed by atoms with van der Waals surface area (Å²) in [6, 6.07) is 14.7. The Labute approximate surface area is 192 Å². The minimum atomic E-state index is 0.0743. The summed E-state index contributed by atoms with van der Waals surface area (Å²) >= 11 is 1.78. The zero-order valence-corrected chi connectivity index (χ0v) is 18.8. The smallest absolute Gasteiger partial charge is 0.224 e. The number of rotatable bonds is 8. The lowest BCUT2D eigenvalue weighted by molar-refractivity contribution is -0.133. The van der Waals surface area contributed by atoms with Crippen molar-refractivity contribution in [1.82, 2.24) is 30.2 Å².